The second kappa shape index (κ2) is 25.8. The maximum Gasteiger partial charge on any atom is 0.326 e. The van der Waals surface area contributed by atoms with Gasteiger partial charge >= 0.3 is 5.97 Å². The van der Waals surface area contributed by atoms with Gasteiger partial charge in [-0.3, -0.25) is 43.2 Å². The molecule has 0 spiro atoms. The second-order valence-electron chi connectivity index (χ2n) is 14.7. The lowest BCUT2D eigenvalue weighted by atomic mass is 10.0. The van der Waals surface area contributed by atoms with Crippen LogP contribution in [0.15, 0.2) is 0 Å². The van der Waals surface area contributed by atoms with E-state index in [1.54, 1.807) is 41.5 Å². The highest BCUT2D eigenvalue weighted by Gasteiger charge is 2.33. The molecule has 0 heterocycles. The molecule has 8 atom stereocenters. The van der Waals surface area contributed by atoms with Gasteiger partial charge in [0.05, 0.1) is 32.3 Å². The first-order valence-electron chi connectivity index (χ1n) is 18.7. The van der Waals surface area contributed by atoms with Crippen LogP contribution in [0.3, 0.4) is 0 Å². The number of amides is 9. The van der Waals surface area contributed by atoms with E-state index in [1.807, 2.05) is 0 Å². The van der Waals surface area contributed by atoms with Crippen molar-refractivity contribution in [1.82, 2.24) is 47.9 Å². The average molecular weight is 831 g/mol. The normalized spacial score (nSPS) is 15.2. The van der Waals surface area contributed by atoms with Crippen molar-refractivity contribution in [2.75, 3.05) is 26.2 Å². The van der Waals surface area contributed by atoms with Gasteiger partial charge in [-0.25, -0.2) is 4.79 Å². The van der Waals surface area contributed by atoms with Crippen molar-refractivity contribution >= 4 is 59.1 Å². The number of aliphatic hydroxyl groups excluding tert-OH is 2. The van der Waals surface area contributed by atoms with Crippen molar-refractivity contribution in [1.29, 1.82) is 0 Å². The molecule has 23 nitrogen and oxygen atoms in total. The molecule has 0 aliphatic carbocycles. The number of nitrogens with two attached hydrogens (primary N) is 1. The van der Waals surface area contributed by atoms with E-state index >= 15 is 0 Å². The summed E-state index contributed by atoms with van der Waals surface area (Å²) in [5.74, 6) is -9.82. The van der Waals surface area contributed by atoms with Gasteiger partial charge in [0, 0.05) is 0 Å². The summed E-state index contributed by atoms with van der Waals surface area (Å²) in [7, 11) is 0. The Morgan fingerprint density at radius 2 is 0.983 bits per heavy atom. The highest BCUT2D eigenvalue weighted by atomic mass is 16.4. The topological polar surface area (TPSA) is 366 Å². The van der Waals surface area contributed by atoms with Gasteiger partial charge in [0.15, 0.2) is 0 Å². The van der Waals surface area contributed by atoms with Gasteiger partial charge in [0.25, 0.3) is 0 Å². The van der Waals surface area contributed by atoms with Crippen LogP contribution in [0.4, 0.5) is 0 Å². The van der Waals surface area contributed by atoms with Crippen molar-refractivity contribution in [3.63, 3.8) is 0 Å². The third kappa shape index (κ3) is 19.1. The zero-order chi connectivity index (χ0) is 45.0. The third-order valence-corrected chi connectivity index (χ3v) is 8.29. The number of rotatable bonds is 25. The standard InChI is InChI=1S/C35H62N10O13/c1-15(2)10-21(41-23(48)11-36)31(53)42-22(14-46)32(54)40-18(7)29(51)37-12-24(49)39-19(8)30(52)45-28(20(9)47)34(56)44-26(16(3)4)33(55)38-13-25(50)43-27(17(5)6)35(57)58/h15-22,26-28,46-47H,10-14,36H2,1-9H3,(H,37,51)(H,38,55)(H,39,49)(H,40,54)(H,41,48)(H,42,53)(H,43,50)(H,44,56)(H,45,52)(H,57,58)/t18-,19-,20+,21-,22-,26-,27-,28-/m0/s1. The van der Waals surface area contributed by atoms with Crippen molar-refractivity contribution in [2.45, 2.75) is 117 Å². The number of carbonyl (C=O) groups excluding carboxylic acids is 9. The molecule has 0 aliphatic rings. The van der Waals surface area contributed by atoms with Crippen molar-refractivity contribution < 1.29 is 63.3 Å². The summed E-state index contributed by atoms with van der Waals surface area (Å²) >= 11 is 0. The number of aliphatic carboxylic acids is 1. The fraction of sp³-hybridized carbons (Fsp3) is 0.714. The average Bonchev–Trinajstić information content (AvgIpc) is 3.13. The minimum absolute atomic E-state index is 0.0331. The highest BCUT2D eigenvalue weighted by molar-refractivity contribution is 5.97. The Labute approximate surface area is 336 Å². The Hall–Kier alpha value is -5.42. The monoisotopic (exact) mass is 830 g/mol. The molecule has 0 aromatic rings. The summed E-state index contributed by atoms with van der Waals surface area (Å²) in [5.41, 5.74) is 5.31. The predicted molar refractivity (Wildman–Crippen MR) is 205 cm³/mol. The molecule has 0 aromatic heterocycles. The molecule has 0 aromatic carbocycles. The molecule has 9 amide bonds. The van der Waals surface area contributed by atoms with E-state index in [9.17, 15) is 63.3 Å². The number of hydrogen-bond acceptors (Lipinski definition) is 13. The lowest BCUT2D eigenvalue weighted by molar-refractivity contribution is -0.143. The molecule has 0 saturated carbocycles. The van der Waals surface area contributed by atoms with Crippen LogP contribution in [0.2, 0.25) is 0 Å². The van der Waals surface area contributed by atoms with Crippen LogP contribution in [-0.4, -0.2) is 149 Å². The third-order valence-electron chi connectivity index (χ3n) is 8.29. The summed E-state index contributed by atoms with van der Waals surface area (Å²) < 4.78 is 0. The molecular weight excluding hydrogens is 768 g/mol. The van der Waals surface area contributed by atoms with Gasteiger partial charge in [-0.05, 0) is 44.9 Å². The molecule has 0 bridgehead atoms. The SMILES string of the molecule is CC(C)C[C@H](NC(=O)CN)C(=O)N[C@@H](CO)C(=O)N[C@@H](C)C(=O)NCC(=O)N[C@@H](C)C(=O)N[C@H](C(=O)N[C@H](C(=O)NCC(=O)N[C@H](C(=O)O)C(C)C)C(C)C)[C@@H](C)O. The van der Waals surface area contributed by atoms with Gasteiger partial charge in [0.2, 0.25) is 53.2 Å². The second-order valence-corrected chi connectivity index (χ2v) is 14.7. The Kier molecular flexibility index (Phi) is 23.3. The van der Waals surface area contributed by atoms with E-state index in [-0.39, 0.29) is 18.9 Å². The largest absolute Gasteiger partial charge is 0.480 e. The summed E-state index contributed by atoms with van der Waals surface area (Å²) in [5, 5.41) is 50.2. The zero-order valence-electron chi connectivity index (χ0n) is 34.4. The number of aliphatic hydroxyl groups is 2. The van der Waals surface area contributed by atoms with E-state index in [2.05, 4.69) is 47.9 Å². The van der Waals surface area contributed by atoms with Crippen LogP contribution in [0.1, 0.15) is 68.7 Å². The van der Waals surface area contributed by atoms with Crippen molar-refractivity contribution in [2.24, 2.45) is 23.5 Å². The van der Waals surface area contributed by atoms with Gasteiger partial charge in [-0.1, -0.05) is 41.5 Å². The van der Waals surface area contributed by atoms with E-state index in [4.69, 9.17) is 5.73 Å². The van der Waals surface area contributed by atoms with Gasteiger partial charge in [-0.2, -0.15) is 0 Å². The molecule has 0 radical (unpaired) electrons. The highest BCUT2D eigenvalue weighted by Crippen LogP contribution is 2.07. The van der Waals surface area contributed by atoms with Crippen LogP contribution >= 0.6 is 0 Å². The fourth-order valence-electron chi connectivity index (χ4n) is 4.96. The quantitative estimate of drug-likeness (QED) is 0.0408. The maximum absolute atomic E-state index is 13.1. The molecule has 0 aliphatic heterocycles. The van der Waals surface area contributed by atoms with Crippen molar-refractivity contribution in [3.05, 3.63) is 0 Å². The number of carboxylic acid groups (broad SMARTS) is 1. The lowest BCUT2D eigenvalue weighted by Crippen LogP contribution is -2.60. The first-order chi connectivity index (χ1) is 26.9. The molecule has 23 heteroatoms. The Balaban J connectivity index is 5.24. The number of carboxylic acids is 1. The minimum Gasteiger partial charge on any atom is -0.480 e. The summed E-state index contributed by atoms with van der Waals surface area (Å²) in [6.45, 7) is 11.1. The molecule has 14 N–H and O–H groups in total. The van der Waals surface area contributed by atoms with Crippen LogP contribution in [0.5, 0.6) is 0 Å². The zero-order valence-corrected chi connectivity index (χ0v) is 34.4. The minimum atomic E-state index is -1.62. The van der Waals surface area contributed by atoms with Gasteiger partial charge in [0.1, 0.15) is 42.3 Å². The van der Waals surface area contributed by atoms with Gasteiger partial charge in [-0.15, -0.1) is 0 Å². The summed E-state index contributed by atoms with van der Waals surface area (Å²) in [6, 6.07) is -9.21. The van der Waals surface area contributed by atoms with Crippen LogP contribution in [0.25, 0.3) is 0 Å². The lowest BCUT2D eigenvalue weighted by Gasteiger charge is -2.27. The first-order valence-corrected chi connectivity index (χ1v) is 18.7. The Bertz CT molecular complexity index is 1470. The van der Waals surface area contributed by atoms with E-state index in [1.165, 1.54) is 20.8 Å². The van der Waals surface area contributed by atoms with Gasteiger partial charge < -0.3 is 68.9 Å². The molecule has 0 saturated heterocycles. The number of carbonyl (C=O) groups is 10. The summed E-state index contributed by atoms with van der Waals surface area (Å²) in [6.07, 6.45) is -1.29. The smallest absolute Gasteiger partial charge is 0.326 e. The van der Waals surface area contributed by atoms with Crippen LogP contribution in [-0.2, 0) is 47.9 Å². The van der Waals surface area contributed by atoms with Crippen molar-refractivity contribution in [3.8, 4) is 0 Å². The van der Waals surface area contributed by atoms with E-state index in [0.29, 0.717) is 0 Å². The molecule has 330 valence electrons. The number of nitrogens with one attached hydrogen (secondary N) is 9. The van der Waals surface area contributed by atoms with E-state index < -0.39 is 139 Å². The summed E-state index contributed by atoms with van der Waals surface area (Å²) in [4.78, 5) is 125. The number of hydrogen-bond donors (Lipinski definition) is 13. The Morgan fingerprint density at radius 3 is 1.45 bits per heavy atom. The fourth-order valence-corrected chi connectivity index (χ4v) is 4.96. The Morgan fingerprint density at radius 1 is 0.500 bits per heavy atom. The van der Waals surface area contributed by atoms with Crippen LogP contribution < -0.4 is 53.6 Å². The maximum atomic E-state index is 13.1. The molecule has 0 unspecified atom stereocenters. The van der Waals surface area contributed by atoms with Crippen LogP contribution in [0, 0.1) is 17.8 Å². The van der Waals surface area contributed by atoms with E-state index in [0.717, 1.165) is 0 Å². The molecule has 0 fully saturated rings. The molecule has 58 heavy (non-hydrogen) atoms. The molecular formula is C35H62N10O13. The predicted octanol–water partition coefficient (Wildman–Crippen LogP) is -5.57. The first kappa shape index (κ1) is 52.6. The molecule has 0 rings (SSSR count).